The van der Waals surface area contributed by atoms with Gasteiger partial charge in [0.05, 0.1) is 6.10 Å². The third-order valence-electron chi connectivity index (χ3n) is 4.42. The minimum Gasteiger partial charge on any atom is -0.391 e. The molecule has 1 atom stereocenters. The van der Waals surface area contributed by atoms with Gasteiger partial charge in [-0.05, 0) is 25.9 Å². The molecule has 0 aliphatic rings. The van der Waals surface area contributed by atoms with E-state index in [0.29, 0.717) is 6.42 Å². The van der Waals surface area contributed by atoms with Gasteiger partial charge in [0.15, 0.2) is 0 Å². The van der Waals surface area contributed by atoms with Gasteiger partial charge in [0.1, 0.15) is 12.2 Å². The van der Waals surface area contributed by atoms with Crippen LogP contribution in [0.25, 0.3) is 0 Å². The van der Waals surface area contributed by atoms with Crippen LogP contribution < -0.4 is 0 Å². The molecule has 1 rings (SSSR count). The summed E-state index contributed by atoms with van der Waals surface area (Å²) in [6, 6.07) is 0. The van der Waals surface area contributed by atoms with Crippen LogP contribution in [0.15, 0.2) is 6.33 Å². The Hall–Kier alpha value is -0.940. The summed E-state index contributed by atoms with van der Waals surface area (Å²) < 4.78 is 1.74. The van der Waals surface area contributed by atoms with Gasteiger partial charge in [-0.3, -0.25) is 9.58 Å². The van der Waals surface area contributed by atoms with Gasteiger partial charge in [0, 0.05) is 19.0 Å². The number of hydrogen-bond acceptors (Lipinski definition) is 4. The lowest BCUT2D eigenvalue weighted by Gasteiger charge is -2.45. The minimum atomic E-state index is -0.426. The SMILES string of the molecule is CCN(CC)C(CC)(CC)C(O)Cc1ncnn1C. The largest absolute Gasteiger partial charge is 0.391 e. The van der Waals surface area contributed by atoms with E-state index in [-0.39, 0.29) is 5.54 Å². The number of hydrogen-bond donors (Lipinski definition) is 1. The number of aryl methyl sites for hydroxylation is 1. The van der Waals surface area contributed by atoms with Gasteiger partial charge in [-0.25, -0.2) is 4.98 Å². The second kappa shape index (κ2) is 7.01. The summed E-state index contributed by atoms with van der Waals surface area (Å²) in [5, 5.41) is 14.8. The summed E-state index contributed by atoms with van der Waals surface area (Å²) in [4.78, 5) is 6.59. The number of aliphatic hydroxyl groups is 1. The first-order chi connectivity index (χ1) is 9.05. The molecule has 1 N–H and O–H groups in total. The van der Waals surface area contributed by atoms with Gasteiger partial charge in [0.25, 0.3) is 0 Å². The smallest absolute Gasteiger partial charge is 0.138 e. The Morgan fingerprint density at radius 1 is 1.26 bits per heavy atom. The van der Waals surface area contributed by atoms with Crippen LogP contribution in [-0.4, -0.2) is 49.5 Å². The molecule has 19 heavy (non-hydrogen) atoms. The molecular formula is C14H28N4O. The molecule has 1 heterocycles. The second-order valence-corrected chi connectivity index (χ2v) is 5.00. The number of nitrogens with zero attached hydrogens (tertiary/aromatic N) is 4. The van der Waals surface area contributed by atoms with E-state index in [9.17, 15) is 5.11 Å². The molecule has 1 aromatic rings. The van der Waals surface area contributed by atoms with Crippen LogP contribution in [0.4, 0.5) is 0 Å². The van der Waals surface area contributed by atoms with Gasteiger partial charge in [0.2, 0.25) is 0 Å². The first kappa shape index (κ1) is 16.1. The average Bonchev–Trinajstić information content (AvgIpc) is 2.81. The summed E-state index contributed by atoms with van der Waals surface area (Å²) in [7, 11) is 1.87. The number of rotatable bonds is 8. The molecule has 0 aliphatic heterocycles. The summed E-state index contributed by atoms with van der Waals surface area (Å²) >= 11 is 0. The highest BCUT2D eigenvalue weighted by Crippen LogP contribution is 2.29. The average molecular weight is 268 g/mol. The van der Waals surface area contributed by atoms with Crippen molar-refractivity contribution in [2.24, 2.45) is 7.05 Å². The zero-order chi connectivity index (χ0) is 14.5. The quantitative estimate of drug-likeness (QED) is 0.778. The molecule has 0 bridgehead atoms. The maximum atomic E-state index is 10.8. The summed E-state index contributed by atoms with van der Waals surface area (Å²) in [6.45, 7) is 10.5. The van der Waals surface area contributed by atoms with Crippen LogP contribution >= 0.6 is 0 Å². The highest BCUT2D eigenvalue weighted by atomic mass is 16.3. The number of likely N-dealkylation sites (N-methyl/N-ethyl adjacent to an activating group) is 1. The summed E-state index contributed by atoms with van der Waals surface area (Å²) in [5.41, 5.74) is -0.171. The summed E-state index contributed by atoms with van der Waals surface area (Å²) in [6.07, 6.45) is 3.53. The predicted molar refractivity (Wildman–Crippen MR) is 76.9 cm³/mol. The monoisotopic (exact) mass is 268 g/mol. The standard InChI is InChI=1S/C14H28N4O/c1-6-14(7-2,18(8-3)9-4)12(19)10-13-15-11-16-17(13)5/h11-12,19H,6-10H2,1-5H3. The Kier molecular flexibility index (Phi) is 5.94. The van der Waals surface area contributed by atoms with Crippen molar-refractivity contribution in [1.29, 1.82) is 0 Å². The lowest BCUT2D eigenvalue weighted by molar-refractivity contribution is -0.0352. The maximum absolute atomic E-state index is 10.8. The highest BCUT2D eigenvalue weighted by Gasteiger charge is 2.39. The van der Waals surface area contributed by atoms with E-state index in [0.717, 1.165) is 31.8 Å². The van der Waals surface area contributed by atoms with E-state index in [1.54, 1.807) is 11.0 Å². The van der Waals surface area contributed by atoms with Gasteiger partial charge < -0.3 is 5.11 Å². The fraction of sp³-hybridized carbons (Fsp3) is 0.857. The van der Waals surface area contributed by atoms with Gasteiger partial charge >= 0.3 is 0 Å². The van der Waals surface area contributed by atoms with Crippen LogP contribution in [0.2, 0.25) is 0 Å². The first-order valence-corrected chi connectivity index (χ1v) is 7.31. The molecule has 0 radical (unpaired) electrons. The van der Waals surface area contributed by atoms with Crippen molar-refractivity contribution in [1.82, 2.24) is 19.7 Å². The van der Waals surface area contributed by atoms with Crippen LogP contribution in [0.3, 0.4) is 0 Å². The van der Waals surface area contributed by atoms with Crippen LogP contribution in [0.1, 0.15) is 46.4 Å². The molecule has 0 aliphatic carbocycles. The normalized spacial score (nSPS) is 14.1. The van der Waals surface area contributed by atoms with E-state index in [1.165, 1.54) is 0 Å². The van der Waals surface area contributed by atoms with E-state index in [2.05, 4.69) is 42.7 Å². The fourth-order valence-electron chi connectivity index (χ4n) is 3.10. The Labute approximate surface area is 116 Å². The number of aromatic nitrogens is 3. The second-order valence-electron chi connectivity index (χ2n) is 5.00. The molecule has 0 spiro atoms. The molecule has 0 amide bonds. The molecule has 110 valence electrons. The van der Waals surface area contributed by atoms with Crippen molar-refractivity contribution in [3.63, 3.8) is 0 Å². The lowest BCUT2D eigenvalue weighted by atomic mass is 9.82. The van der Waals surface area contributed by atoms with Crippen LogP contribution in [0, 0.1) is 0 Å². The predicted octanol–water partition coefficient (Wildman–Crippen LogP) is 1.62. The van der Waals surface area contributed by atoms with Gasteiger partial charge in [-0.2, -0.15) is 5.10 Å². The Morgan fingerprint density at radius 2 is 1.84 bits per heavy atom. The third kappa shape index (κ3) is 3.15. The summed E-state index contributed by atoms with van der Waals surface area (Å²) in [5.74, 6) is 0.839. The Morgan fingerprint density at radius 3 is 2.21 bits per heavy atom. The van der Waals surface area contributed by atoms with Crippen molar-refractivity contribution in [2.45, 2.75) is 58.6 Å². The molecule has 0 saturated heterocycles. The first-order valence-electron chi connectivity index (χ1n) is 7.31. The fourth-order valence-corrected chi connectivity index (χ4v) is 3.10. The zero-order valence-corrected chi connectivity index (χ0v) is 12.9. The van der Waals surface area contributed by atoms with Crippen molar-refractivity contribution in [3.8, 4) is 0 Å². The molecule has 1 unspecified atom stereocenters. The van der Waals surface area contributed by atoms with Crippen molar-refractivity contribution >= 4 is 0 Å². The van der Waals surface area contributed by atoms with E-state index >= 15 is 0 Å². The Bertz CT molecular complexity index is 369. The molecule has 5 heteroatoms. The Balaban J connectivity index is 2.95. The molecule has 0 fully saturated rings. The molecular weight excluding hydrogens is 240 g/mol. The van der Waals surface area contributed by atoms with Crippen LogP contribution in [0.5, 0.6) is 0 Å². The van der Waals surface area contributed by atoms with Gasteiger partial charge in [-0.15, -0.1) is 0 Å². The topological polar surface area (TPSA) is 54.2 Å². The lowest BCUT2D eigenvalue weighted by Crippen LogP contribution is -2.56. The minimum absolute atomic E-state index is 0.171. The highest BCUT2D eigenvalue weighted by molar-refractivity contribution is 5.00. The maximum Gasteiger partial charge on any atom is 0.138 e. The van der Waals surface area contributed by atoms with E-state index in [1.807, 2.05) is 7.05 Å². The van der Waals surface area contributed by atoms with E-state index < -0.39 is 6.10 Å². The van der Waals surface area contributed by atoms with Crippen molar-refractivity contribution in [2.75, 3.05) is 13.1 Å². The van der Waals surface area contributed by atoms with Crippen molar-refractivity contribution < 1.29 is 5.11 Å². The molecule has 1 aromatic heterocycles. The molecule has 0 saturated carbocycles. The van der Waals surface area contributed by atoms with E-state index in [4.69, 9.17) is 0 Å². The zero-order valence-electron chi connectivity index (χ0n) is 12.9. The van der Waals surface area contributed by atoms with Gasteiger partial charge in [-0.1, -0.05) is 27.7 Å². The van der Waals surface area contributed by atoms with Crippen LogP contribution in [-0.2, 0) is 13.5 Å². The molecule has 5 nitrogen and oxygen atoms in total. The number of aliphatic hydroxyl groups excluding tert-OH is 1. The molecule has 0 aromatic carbocycles. The van der Waals surface area contributed by atoms with Crippen molar-refractivity contribution in [3.05, 3.63) is 12.2 Å². The third-order valence-corrected chi connectivity index (χ3v) is 4.42.